The Balaban J connectivity index is 1.61. The van der Waals surface area contributed by atoms with Crippen molar-refractivity contribution >= 4 is 33.6 Å². The molecule has 1 aromatic heterocycles. The molecule has 0 aliphatic carbocycles. The van der Waals surface area contributed by atoms with Gasteiger partial charge >= 0.3 is 0 Å². The molecule has 1 atom stereocenters. The summed E-state index contributed by atoms with van der Waals surface area (Å²) in [4.78, 5) is 14.3. The van der Waals surface area contributed by atoms with Crippen LogP contribution >= 0.6 is 27.7 Å². The first kappa shape index (κ1) is 16.5. The minimum atomic E-state index is 0.142. The number of piperidine rings is 1. The van der Waals surface area contributed by atoms with E-state index in [4.69, 9.17) is 4.42 Å². The van der Waals surface area contributed by atoms with Gasteiger partial charge in [0.2, 0.25) is 11.8 Å². The molecule has 3 rings (SSSR count). The van der Waals surface area contributed by atoms with E-state index in [1.54, 1.807) is 0 Å². The summed E-state index contributed by atoms with van der Waals surface area (Å²) < 4.78 is 6.56. The summed E-state index contributed by atoms with van der Waals surface area (Å²) in [5.74, 6) is 0.934. The maximum absolute atomic E-state index is 12.3. The fraction of sp³-hybridized carbons (Fsp3) is 0.438. The lowest BCUT2D eigenvalue weighted by atomic mass is 10.0. The molecule has 0 radical (unpaired) electrons. The average molecular weight is 396 g/mol. The summed E-state index contributed by atoms with van der Waals surface area (Å²) in [7, 11) is 0. The zero-order valence-electron chi connectivity index (χ0n) is 12.9. The van der Waals surface area contributed by atoms with Crippen LogP contribution < -0.4 is 0 Å². The molecule has 0 saturated carbocycles. The zero-order valence-corrected chi connectivity index (χ0v) is 15.3. The summed E-state index contributed by atoms with van der Waals surface area (Å²) >= 11 is 4.77. The lowest BCUT2D eigenvalue weighted by molar-refractivity contribution is -0.131. The third-order valence-corrected chi connectivity index (χ3v) is 5.45. The van der Waals surface area contributed by atoms with Crippen molar-refractivity contribution in [3.8, 4) is 11.5 Å². The number of nitrogens with zero attached hydrogens (tertiary/aromatic N) is 3. The largest absolute Gasteiger partial charge is 0.411 e. The van der Waals surface area contributed by atoms with E-state index in [0.717, 1.165) is 29.4 Å². The van der Waals surface area contributed by atoms with Gasteiger partial charge in [-0.1, -0.05) is 23.9 Å². The van der Waals surface area contributed by atoms with Gasteiger partial charge in [0.25, 0.3) is 5.22 Å². The summed E-state index contributed by atoms with van der Waals surface area (Å²) in [5, 5.41) is 8.51. The zero-order chi connectivity index (χ0) is 16.2. The van der Waals surface area contributed by atoms with Crippen LogP contribution in [0.25, 0.3) is 11.5 Å². The van der Waals surface area contributed by atoms with Gasteiger partial charge in [-0.3, -0.25) is 4.79 Å². The molecule has 5 nitrogen and oxygen atoms in total. The van der Waals surface area contributed by atoms with Crippen molar-refractivity contribution in [1.82, 2.24) is 15.1 Å². The number of halogens is 1. The van der Waals surface area contributed by atoms with Crippen molar-refractivity contribution in [3.05, 3.63) is 28.7 Å². The Morgan fingerprint density at radius 3 is 3.00 bits per heavy atom. The molecule has 1 unspecified atom stereocenters. The molecular formula is C16H18BrN3O2S. The van der Waals surface area contributed by atoms with Gasteiger partial charge in [-0.05, 0) is 54.2 Å². The van der Waals surface area contributed by atoms with E-state index in [9.17, 15) is 4.79 Å². The fourth-order valence-corrected chi connectivity index (χ4v) is 3.79. The molecule has 122 valence electrons. The molecule has 2 aromatic rings. The Kier molecular flexibility index (Phi) is 5.38. The van der Waals surface area contributed by atoms with Crippen molar-refractivity contribution in [3.63, 3.8) is 0 Å². The number of likely N-dealkylation sites (tertiary alicyclic amines) is 1. The average Bonchev–Trinajstić information content (AvgIpc) is 3.02. The highest BCUT2D eigenvalue weighted by atomic mass is 79.9. The third kappa shape index (κ3) is 3.95. The van der Waals surface area contributed by atoms with E-state index >= 15 is 0 Å². The van der Waals surface area contributed by atoms with Crippen LogP contribution in [0.15, 0.2) is 38.4 Å². The molecule has 1 aromatic carbocycles. The Morgan fingerprint density at radius 1 is 1.39 bits per heavy atom. The molecule has 1 aliphatic rings. The predicted molar refractivity (Wildman–Crippen MR) is 93.2 cm³/mol. The number of hydrogen-bond donors (Lipinski definition) is 0. The fourth-order valence-electron chi connectivity index (χ4n) is 2.69. The Morgan fingerprint density at radius 2 is 2.22 bits per heavy atom. The van der Waals surface area contributed by atoms with Crippen molar-refractivity contribution < 1.29 is 9.21 Å². The molecule has 1 aliphatic heterocycles. The molecule has 0 bridgehead atoms. The summed E-state index contributed by atoms with van der Waals surface area (Å²) in [6.07, 6.45) is 3.38. The van der Waals surface area contributed by atoms with Gasteiger partial charge in [-0.25, -0.2) is 0 Å². The Labute approximate surface area is 148 Å². The second kappa shape index (κ2) is 7.49. The van der Waals surface area contributed by atoms with E-state index in [0.29, 0.717) is 22.9 Å². The minimum Gasteiger partial charge on any atom is -0.411 e. The van der Waals surface area contributed by atoms with Crippen LogP contribution in [0.2, 0.25) is 0 Å². The van der Waals surface area contributed by atoms with Crippen LogP contribution in [0.3, 0.4) is 0 Å². The Hall–Kier alpha value is -1.34. The van der Waals surface area contributed by atoms with Gasteiger partial charge < -0.3 is 9.32 Å². The summed E-state index contributed by atoms with van der Waals surface area (Å²) in [6.45, 7) is 2.96. The highest BCUT2D eigenvalue weighted by Crippen LogP contribution is 2.29. The standard InChI is InChI=1S/C16H18BrN3O2S/c1-11-6-4-5-9-20(11)14(21)10-23-16-19-18-15(22-16)12-7-2-3-8-13(12)17/h2-3,7-8,11H,4-6,9-10H2,1H3. The van der Waals surface area contributed by atoms with Crippen LogP contribution in [-0.2, 0) is 4.79 Å². The van der Waals surface area contributed by atoms with Crippen LogP contribution in [0, 0.1) is 0 Å². The molecule has 1 saturated heterocycles. The second-order valence-corrected chi connectivity index (χ2v) is 7.35. The van der Waals surface area contributed by atoms with Crippen molar-refractivity contribution in [2.45, 2.75) is 37.5 Å². The molecule has 7 heteroatoms. The van der Waals surface area contributed by atoms with Crippen molar-refractivity contribution in [1.29, 1.82) is 0 Å². The molecule has 1 amide bonds. The molecule has 0 N–H and O–H groups in total. The Bertz CT molecular complexity index is 691. The van der Waals surface area contributed by atoms with Gasteiger partial charge in [-0.15, -0.1) is 10.2 Å². The predicted octanol–water partition coefficient (Wildman–Crippen LogP) is 3.99. The van der Waals surface area contributed by atoms with Crippen molar-refractivity contribution in [2.24, 2.45) is 0 Å². The first-order valence-corrected chi connectivity index (χ1v) is 9.43. The number of carbonyl (C=O) groups excluding carboxylic acids is 1. The van der Waals surface area contributed by atoms with E-state index in [1.165, 1.54) is 18.2 Å². The van der Waals surface area contributed by atoms with Crippen LogP contribution in [0.4, 0.5) is 0 Å². The second-order valence-electron chi connectivity index (χ2n) is 5.57. The van der Waals surface area contributed by atoms with Gasteiger partial charge in [0.15, 0.2) is 0 Å². The number of hydrogen-bond acceptors (Lipinski definition) is 5. The van der Waals surface area contributed by atoms with E-state index in [2.05, 4.69) is 33.1 Å². The SMILES string of the molecule is CC1CCCCN1C(=O)CSc1nnc(-c2ccccc2Br)o1. The quantitative estimate of drug-likeness (QED) is 0.732. The first-order chi connectivity index (χ1) is 11.1. The number of benzene rings is 1. The third-order valence-electron chi connectivity index (χ3n) is 3.95. The van der Waals surface area contributed by atoms with Gasteiger partial charge in [0, 0.05) is 17.1 Å². The molecular weight excluding hydrogens is 378 g/mol. The lowest BCUT2D eigenvalue weighted by Crippen LogP contribution is -2.42. The van der Waals surface area contributed by atoms with Gasteiger partial charge in [0.05, 0.1) is 11.3 Å². The van der Waals surface area contributed by atoms with E-state index in [-0.39, 0.29) is 5.91 Å². The van der Waals surface area contributed by atoms with E-state index < -0.39 is 0 Å². The highest BCUT2D eigenvalue weighted by molar-refractivity contribution is 9.10. The lowest BCUT2D eigenvalue weighted by Gasteiger charge is -2.33. The van der Waals surface area contributed by atoms with Gasteiger partial charge in [-0.2, -0.15) is 0 Å². The van der Waals surface area contributed by atoms with E-state index in [1.807, 2.05) is 29.2 Å². The van der Waals surface area contributed by atoms with Gasteiger partial charge in [0.1, 0.15) is 0 Å². The number of thioether (sulfide) groups is 1. The first-order valence-electron chi connectivity index (χ1n) is 7.66. The number of aromatic nitrogens is 2. The van der Waals surface area contributed by atoms with Crippen molar-refractivity contribution in [2.75, 3.05) is 12.3 Å². The maximum atomic E-state index is 12.3. The smallest absolute Gasteiger partial charge is 0.277 e. The molecule has 0 spiro atoms. The monoisotopic (exact) mass is 395 g/mol. The van der Waals surface area contributed by atoms with Crippen LogP contribution in [0.5, 0.6) is 0 Å². The number of rotatable bonds is 4. The number of carbonyl (C=O) groups is 1. The topological polar surface area (TPSA) is 59.2 Å². The maximum Gasteiger partial charge on any atom is 0.277 e. The van der Waals surface area contributed by atoms with Crippen LogP contribution in [0.1, 0.15) is 26.2 Å². The molecule has 1 fully saturated rings. The number of amides is 1. The highest BCUT2D eigenvalue weighted by Gasteiger charge is 2.23. The normalized spacial score (nSPS) is 18.2. The minimum absolute atomic E-state index is 0.142. The van der Waals surface area contributed by atoms with Crippen LogP contribution in [-0.4, -0.2) is 39.3 Å². The molecule has 2 heterocycles. The summed E-state index contributed by atoms with van der Waals surface area (Å²) in [6, 6.07) is 8.01. The molecule has 23 heavy (non-hydrogen) atoms. The summed E-state index contributed by atoms with van der Waals surface area (Å²) in [5.41, 5.74) is 0.850.